The Bertz CT molecular complexity index is 900. The van der Waals surface area contributed by atoms with E-state index in [0.29, 0.717) is 17.0 Å². The molecule has 158 valence electrons. The van der Waals surface area contributed by atoms with Crippen molar-refractivity contribution >= 4 is 13.3 Å². The number of benzene rings is 2. The normalized spacial score (nSPS) is 15.8. The lowest BCUT2D eigenvalue weighted by Crippen LogP contribution is -2.25. The van der Waals surface area contributed by atoms with E-state index in [4.69, 9.17) is 13.8 Å². The lowest BCUT2D eigenvalue weighted by Gasteiger charge is -2.28. The Balaban J connectivity index is 1.99. The zero-order valence-corrected chi connectivity index (χ0v) is 17.1. The first-order chi connectivity index (χ1) is 13.8. The van der Waals surface area contributed by atoms with E-state index in [1.54, 1.807) is 38.1 Å². The summed E-state index contributed by atoms with van der Waals surface area (Å²) in [4.78, 5) is 0. The molecule has 2 aromatic carbocycles. The summed E-state index contributed by atoms with van der Waals surface area (Å²) in [7, 11) is -2.16. The first-order valence-electron chi connectivity index (χ1n) is 8.99. The average Bonchev–Trinajstić information content (AvgIpc) is 2.99. The minimum Gasteiger partial charge on any atom is -0.497 e. The van der Waals surface area contributed by atoms with Gasteiger partial charge in [0, 0.05) is 11.8 Å². The molecular formula is C19H22F2NO6P. The Morgan fingerprint density at radius 2 is 1.76 bits per heavy atom. The third-order valence-electron chi connectivity index (χ3n) is 4.05. The molecule has 0 aromatic heterocycles. The van der Waals surface area contributed by atoms with Crippen molar-refractivity contribution in [3.63, 3.8) is 0 Å². The highest BCUT2D eigenvalue weighted by Crippen LogP contribution is 2.61. The van der Waals surface area contributed by atoms with E-state index in [2.05, 4.69) is 14.8 Å². The van der Waals surface area contributed by atoms with Crippen LogP contribution in [0.3, 0.4) is 0 Å². The number of halogens is 2. The van der Waals surface area contributed by atoms with Gasteiger partial charge in [0.1, 0.15) is 5.75 Å². The molecule has 0 fully saturated rings. The summed E-state index contributed by atoms with van der Waals surface area (Å²) in [6.45, 7) is 3.73. The van der Waals surface area contributed by atoms with Crippen LogP contribution in [-0.4, -0.2) is 26.6 Å². The van der Waals surface area contributed by atoms with Crippen molar-refractivity contribution in [3.8, 4) is 17.2 Å². The minimum absolute atomic E-state index is 0.0868. The van der Waals surface area contributed by atoms with E-state index in [-0.39, 0.29) is 24.7 Å². The molecule has 29 heavy (non-hydrogen) atoms. The van der Waals surface area contributed by atoms with Crippen molar-refractivity contribution in [2.24, 2.45) is 0 Å². The van der Waals surface area contributed by atoms with Gasteiger partial charge in [-0.1, -0.05) is 12.1 Å². The largest absolute Gasteiger partial charge is 0.586 e. The van der Waals surface area contributed by atoms with Gasteiger partial charge in [0.05, 0.1) is 20.3 Å². The fourth-order valence-electron chi connectivity index (χ4n) is 2.90. The zero-order valence-electron chi connectivity index (χ0n) is 16.2. The van der Waals surface area contributed by atoms with E-state index in [0.717, 1.165) is 0 Å². The Morgan fingerprint density at radius 3 is 2.41 bits per heavy atom. The van der Waals surface area contributed by atoms with Crippen LogP contribution in [0.4, 0.5) is 14.5 Å². The number of fused-ring (bicyclic) bond motifs is 1. The van der Waals surface area contributed by atoms with Crippen molar-refractivity contribution < 1.29 is 36.6 Å². The topological polar surface area (TPSA) is 75.3 Å². The van der Waals surface area contributed by atoms with Gasteiger partial charge in [0.15, 0.2) is 17.3 Å². The summed E-state index contributed by atoms with van der Waals surface area (Å²) in [5.41, 5.74) is 0.954. The molecule has 0 spiro atoms. The maximum absolute atomic E-state index is 13.5. The van der Waals surface area contributed by atoms with Crippen LogP contribution in [-0.2, 0) is 13.6 Å². The maximum atomic E-state index is 13.5. The summed E-state index contributed by atoms with van der Waals surface area (Å²) in [5, 5.41) is 3.06. The minimum atomic E-state index is -3.72. The van der Waals surface area contributed by atoms with E-state index < -0.39 is 19.7 Å². The monoisotopic (exact) mass is 429 g/mol. The van der Waals surface area contributed by atoms with Gasteiger partial charge >= 0.3 is 13.9 Å². The second kappa shape index (κ2) is 8.57. The van der Waals surface area contributed by atoms with Gasteiger partial charge < -0.3 is 28.6 Å². The van der Waals surface area contributed by atoms with E-state index in [9.17, 15) is 13.3 Å². The highest BCUT2D eigenvalue weighted by molar-refractivity contribution is 7.54. The van der Waals surface area contributed by atoms with Crippen LogP contribution in [0.15, 0.2) is 42.5 Å². The zero-order chi connectivity index (χ0) is 21.1. The van der Waals surface area contributed by atoms with Crippen LogP contribution in [0.25, 0.3) is 0 Å². The molecular weight excluding hydrogens is 407 g/mol. The van der Waals surface area contributed by atoms with Crippen molar-refractivity contribution in [3.05, 3.63) is 48.0 Å². The first-order valence-corrected chi connectivity index (χ1v) is 10.6. The van der Waals surface area contributed by atoms with Gasteiger partial charge in [0.2, 0.25) is 0 Å². The molecule has 0 saturated carbocycles. The second-order valence-electron chi connectivity index (χ2n) is 6.03. The Labute approximate surface area is 167 Å². The lowest BCUT2D eigenvalue weighted by molar-refractivity contribution is -0.286. The standard InChI is InChI=1S/C19H22F2NO6P/c1-4-25-29(23,26-5-2)18(13-7-6-8-15(11-13)24-3)22-14-9-10-16-17(12-14)28-19(20,21)27-16/h6-12,18,22H,4-5H2,1-3H3. The number of alkyl halides is 2. The van der Waals surface area contributed by atoms with Crippen molar-refractivity contribution in [1.29, 1.82) is 0 Å². The third kappa shape index (κ3) is 4.80. The molecule has 0 aliphatic carbocycles. The SMILES string of the molecule is CCOP(=O)(OCC)C(Nc1ccc2c(c1)OC(F)(F)O2)c1cccc(OC)c1. The molecule has 0 amide bonds. The summed E-state index contributed by atoms with van der Waals surface area (Å²) in [6, 6.07) is 11.1. The molecule has 0 radical (unpaired) electrons. The number of nitrogens with one attached hydrogen (secondary N) is 1. The predicted octanol–water partition coefficient (Wildman–Crippen LogP) is 5.39. The predicted molar refractivity (Wildman–Crippen MR) is 103 cm³/mol. The molecule has 2 aromatic rings. The van der Waals surface area contributed by atoms with Crippen LogP contribution >= 0.6 is 7.60 Å². The number of anilines is 1. The number of methoxy groups -OCH3 is 1. The third-order valence-corrected chi connectivity index (χ3v) is 6.34. The molecule has 10 heteroatoms. The van der Waals surface area contributed by atoms with Gasteiger partial charge in [-0.15, -0.1) is 8.78 Å². The maximum Gasteiger partial charge on any atom is 0.586 e. The molecule has 1 unspecified atom stereocenters. The van der Waals surface area contributed by atoms with Gasteiger partial charge in [-0.25, -0.2) is 0 Å². The van der Waals surface area contributed by atoms with Crippen LogP contribution in [0.5, 0.6) is 17.2 Å². The quantitative estimate of drug-likeness (QED) is 0.536. The first kappa shape index (κ1) is 21.4. The lowest BCUT2D eigenvalue weighted by atomic mass is 10.2. The summed E-state index contributed by atoms with van der Waals surface area (Å²) in [6.07, 6.45) is -3.72. The number of hydrogen-bond acceptors (Lipinski definition) is 7. The van der Waals surface area contributed by atoms with Crippen LogP contribution in [0.2, 0.25) is 0 Å². The fraction of sp³-hybridized carbons (Fsp3) is 0.368. The van der Waals surface area contributed by atoms with Crippen LogP contribution < -0.4 is 19.5 Å². The van der Waals surface area contributed by atoms with Gasteiger partial charge in [0.25, 0.3) is 0 Å². The fourth-order valence-corrected chi connectivity index (χ4v) is 4.82. The van der Waals surface area contributed by atoms with Crippen LogP contribution in [0.1, 0.15) is 25.2 Å². The molecule has 0 bridgehead atoms. The van der Waals surface area contributed by atoms with Crippen molar-refractivity contribution in [2.75, 3.05) is 25.6 Å². The summed E-state index contributed by atoms with van der Waals surface area (Å²) < 4.78 is 65.3. The van der Waals surface area contributed by atoms with Gasteiger partial charge in [-0.3, -0.25) is 4.57 Å². The van der Waals surface area contributed by atoms with Crippen LogP contribution in [0, 0.1) is 0 Å². The van der Waals surface area contributed by atoms with E-state index in [1.165, 1.54) is 25.3 Å². The molecule has 0 saturated heterocycles. The average molecular weight is 429 g/mol. The van der Waals surface area contributed by atoms with Crippen molar-refractivity contribution in [2.45, 2.75) is 25.9 Å². The summed E-state index contributed by atoms with van der Waals surface area (Å²) >= 11 is 0. The number of ether oxygens (including phenoxy) is 3. The van der Waals surface area contributed by atoms with E-state index in [1.807, 2.05) is 0 Å². The Kier molecular flexibility index (Phi) is 6.31. The van der Waals surface area contributed by atoms with Gasteiger partial charge in [-0.05, 0) is 43.7 Å². The molecule has 1 aliphatic rings. The van der Waals surface area contributed by atoms with E-state index >= 15 is 0 Å². The highest BCUT2D eigenvalue weighted by Gasteiger charge is 2.44. The molecule has 1 N–H and O–H groups in total. The molecule has 1 heterocycles. The Hall–Kier alpha value is -2.35. The van der Waals surface area contributed by atoms with Gasteiger partial charge in [-0.2, -0.15) is 0 Å². The Morgan fingerprint density at radius 1 is 1.07 bits per heavy atom. The highest BCUT2D eigenvalue weighted by atomic mass is 31.2. The smallest absolute Gasteiger partial charge is 0.497 e. The molecule has 3 rings (SSSR count). The summed E-state index contributed by atoms with van der Waals surface area (Å²) in [5.74, 6) is -0.583. The number of rotatable bonds is 9. The number of hydrogen-bond donors (Lipinski definition) is 1. The second-order valence-corrected chi connectivity index (χ2v) is 8.14. The molecule has 7 nitrogen and oxygen atoms in total. The van der Waals surface area contributed by atoms with Crippen molar-refractivity contribution in [1.82, 2.24) is 0 Å². The molecule has 1 atom stereocenters. The molecule has 1 aliphatic heterocycles.